The first-order valence-electron chi connectivity index (χ1n) is 5.70. The number of rotatable bonds is 5. The normalized spacial score (nSPS) is 12.0. The number of anilines is 1. The van der Waals surface area contributed by atoms with Crippen molar-refractivity contribution in [3.8, 4) is 0 Å². The van der Waals surface area contributed by atoms with E-state index in [0.717, 1.165) is 12.1 Å². The van der Waals surface area contributed by atoms with Gasteiger partial charge < -0.3 is 10.2 Å². The molecule has 0 aliphatic carbocycles. The van der Waals surface area contributed by atoms with Crippen LogP contribution in [-0.4, -0.2) is 31.4 Å². The first kappa shape index (κ1) is 14.0. The Bertz CT molecular complexity index is 360. The van der Waals surface area contributed by atoms with Gasteiger partial charge >= 0.3 is 0 Å². The molecule has 1 amide bonds. The van der Waals surface area contributed by atoms with Crippen LogP contribution in [0.5, 0.6) is 0 Å². The second kappa shape index (κ2) is 6.64. The van der Waals surface area contributed by atoms with Crippen LogP contribution in [0.3, 0.4) is 0 Å². The molecule has 94 valence electrons. The highest BCUT2D eigenvalue weighted by atomic mass is 79.9. The van der Waals surface area contributed by atoms with E-state index >= 15 is 0 Å². The fraction of sp³-hybridized carbons (Fsp3) is 0.462. The molecule has 0 radical (unpaired) electrons. The van der Waals surface area contributed by atoms with E-state index in [2.05, 4.69) is 28.2 Å². The Hall–Kier alpha value is -1.03. The summed E-state index contributed by atoms with van der Waals surface area (Å²) in [6, 6.07) is 7.59. The number of alkyl halides is 1. The molecule has 1 N–H and O–H groups in total. The average Bonchev–Trinajstić information content (AvgIpc) is 2.28. The van der Waals surface area contributed by atoms with Gasteiger partial charge in [-0.25, -0.2) is 0 Å². The topological polar surface area (TPSA) is 32.3 Å². The maximum absolute atomic E-state index is 11.8. The van der Waals surface area contributed by atoms with Crippen molar-refractivity contribution in [3.05, 3.63) is 29.8 Å². The van der Waals surface area contributed by atoms with E-state index < -0.39 is 0 Å². The zero-order valence-corrected chi connectivity index (χ0v) is 12.1. The second-order valence-electron chi connectivity index (χ2n) is 4.27. The van der Waals surface area contributed by atoms with Crippen molar-refractivity contribution in [1.82, 2.24) is 5.32 Å². The van der Waals surface area contributed by atoms with Gasteiger partial charge in [0.2, 0.25) is 0 Å². The molecule has 4 heteroatoms. The van der Waals surface area contributed by atoms with E-state index in [-0.39, 0.29) is 5.91 Å². The summed E-state index contributed by atoms with van der Waals surface area (Å²) in [5, 5.41) is 2.90. The van der Waals surface area contributed by atoms with Crippen LogP contribution in [0.4, 0.5) is 5.69 Å². The van der Waals surface area contributed by atoms with Gasteiger partial charge in [-0.15, -0.1) is 0 Å². The van der Waals surface area contributed by atoms with Crippen molar-refractivity contribution in [1.29, 1.82) is 0 Å². The number of benzene rings is 1. The second-order valence-corrected chi connectivity index (χ2v) is 5.83. The lowest BCUT2D eigenvalue weighted by Gasteiger charge is -2.12. The molecule has 1 aromatic rings. The third-order valence-corrected chi connectivity index (χ3v) is 2.93. The molecule has 3 nitrogen and oxygen atoms in total. The maximum atomic E-state index is 11.8. The van der Waals surface area contributed by atoms with Gasteiger partial charge in [-0.1, -0.05) is 22.9 Å². The molecule has 1 atom stereocenters. The minimum absolute atomic E-state index is 0.0107. The van der Waals surface area contributed by atoms with Gasteiger partial charge in [0.25, 0.3) is 5.91 Å². The van der Waals surface area contributed by atoms with Gasteiger partial charge in [0, 0.05) is 36.7 Å². The van der Waals surface area contributed by atoms with Gasteiger partial charge in [0.05, 0.1) is 0 Å². The summed E-state index contributed by atoms with van der Waals surface area (Å²) in [6.45, 7) is 2.76. The predicted molar refractivity (Wildman–Crippen MR) is 76.1 cm³/mol. The molecule has 0 aromatic heterocycles. The number of hydrogen-bond donors (Lipinski definition) is 1. The lowest BCUT2D eigenvalue weighted by atomic mass is 10.2. The van der Waals surface area contributed by atoms with E-state index in [9.17, 15) is 4.79 Å². The third-order valence-electron chi connectivity index (χ3n) is 2.47. The Balaban J connectivity index is 2.52. The smallest absolute Gasteiger partial charge is 0.251 e. The molecule has 0 spiro atoms. The third kappa shape index (κ3) is 4.77. The van der Waals surface area contributed by atoms with Crippen molar-refractivity contribution < 1.29 is 4.79 Å². The fourth-order valence-corrected chi connectivity index (χ4v) is 1.63. The largest absolute Gasteiger partial charge is 0.378 e. The van der Waals surface area contributed by atoms with Gasteiger partial charge in [-0.2, -0.15) is 0 Å². The summed E-state index contributed by atoms with van der Waals surface area (Å²) in [7, 11) is 3.96. The first-order valence-corrected chi connectivity index (χ1v) is 6.62. The van der Waals surface area contributed by atoms with E-state index in [1.807, 2.05) is 43.3 Å². The van der Waals surface area contributed by atoms with Gasteiger partial charge in [-0.05, 0) is 30.7 Å². The Morgan fingerprint density at radius 1 is 1.35 bits per heavy atom. The van der Waals surface area contributed by atoms with Crippen LogP contribution in [0, 0.1) is 0 Å². The number of amides is 1. The molecule has 0 saturated heterocycles. The highest BCUT2D eigenvalue weighted by Gasteiger charge is 2.05. The summed E-state index contributed by atoms with van der Waals surface area (Å²) in [5.74, 6) is -0.0107. The highest BCUT2D eigenvalue weighted by Crippen LogP contribution is 2.12. The molecular weight excluding hydrogens is 280 g/mol. The summed E-state index contributed by atoms with van der Waals surface area (Å²) in [4.78, 5) is 14.2. The molecule has 0 bridgehead atoms. The van der Waals surface area contributed by atoms with Gasteiger partial charge in [0.15, 0.2) is 0 Å². The molecule has 0 fully saturated rings. The number of carbonyl (C=O) groups excluding carboxylic acids is 1. The molecule has 1 aromatic carbocycles. The molecule has 0 aliphatic heterocycles. The van der Waals surface area contributed by atoms with Crippen LogP contribution in [0.1, 0.15) is 23.7 Å². The van der Waals surface area contributed by atoms with Gasteiger partial charge in [0.1, 0.15) is 0 Å². The van der Waals surface area contributed by atoms with Crippen LogP contribution in [0.15, 0.2) is 24.3 Å². The summed E-state index contributed by atoms with van der Waals surface area (Å²) >= 11 is 3.45. The zero-order chi connectivity index (χ0) is 12.8. The van der Waals surface area contributed by atoms with Crippen LogP contribution in [-0.2, 0) is 0 Å². The molecular formula is C13H19BrN2O. The van der Waals surface area contributed by atoms with Crippen molar-refractivity contribution in [3.63, 3.8) is 0 Å². The quantitative estimate of drug-likeness (QED) is 0.848. The number of halogens is 1. The van der Waals surface area contributed by atoms with Crippen LogP contribution < -0.4 is 10.2 Å². The van der Waals surface area contributed by atoms with Crippen LogP contribution in [0.25, 0.3) is 0 Å². The molecule has 1 rings (SSSR count). The lowest BCUT2D eigenvalue weighted by molar-refractivity contribution is 0.0953. The van der Waals surface area contributed by atoms with E-state index in [1.165, 1.54) is 0 Å². The van der Waals surface area contributed by atoms with Crippen molar-refractivity contribution in [2.24, 2.45) is 0 Å². The summed E-state index contributed by atoms with van der Waals surface area (Å²) < 4.78 is 0. The minimum Gasteiger partial charge on any atom is -0.378 e. The molecule has 0 saturated carbocycles. The van der Waals surface area contributed by atoms with Crippen molar-refractivity contribution >= 4 is 27.5 Å². The van der Waals surface area contributed by atoms with Gasteiger partial charge in [-0.3, -0.25) is 4.79 Å². The number of carbonyl (C=O) groups is 1. The monoisotopic (exact) mass is 298 g/mol. The molecule has 0 heterocycles. The molecule has 1 unspecified atom stereocenters. The highest BCUT2D eigenvalue weighted by molar-refractivity contribution is 9.09. The average molecular weight is 299 g/mol. The Morgan fingerprint density at radius 3 is 2.41 bits per heavy atom. The Labute approximate surface area is 111 Å². The fourth-order valence-electron chi connectivity index (χ4n) is 1.40. The van der Waals surface area contributed by atoms with Crippen LogP contribution >= 0.6 is 15.9 Å². The molecule has 17 heavy (non-hydrogen) atoms. The predicted octanol–water partition coefficient (Wildman–Crippen LogP) is 2.66. The maximum Gasteiger partial charge on any atom is 0.251 e. The number of nitrogens with zero attached hydrogens (tertiary/aromatic N) is 1. The lowest BCUT2D eigenvalue weighted by Crippen LogP contribution is -2.25. The first-order chi connectivity index (χ1) is 8.00. The Morgan fingerprint density at radius 2 is 1.94 bits per heavy atom. The Kier molecular flexibility index (Phi) is 5.48. The van der Waals surface area contributed by atoms with E-state index in [0.29, 0.717) is 16.9 Å². The molecule has 0 aliphatic rings. The number of hydrogen-bond acceptors (Lipinski definition) is 2. The van der Waals surface area contributed by atoms with Crippen molar-refractivity contribution in [2.45, 2.75) is 18.2 Å². The SMILES string of the molecule is CC(Br)CCNC(=O)c1ccc(N(C)C)cc1. The van der Waals surface area contributed by atoms with Crippen molar-refractivity contribution in [2.75, 3.05) is 25.5 Å². The van der Waals surface area contributed by atoms with E-state index in [4.69, 9.17) is 0 Å². The minimum atomic E-state index is -0.0107. The zero-order valence-electron chi connectivity index (χ0n) is 10.5. The summed E-state index contributed by atoms with van der Waals surface area (Å²) in [6.07, 6.45) is 0.932. The van der Waals surface area contributed by atoms with Crippen LogP contribution in [0.2, 0.25) is 0 Å². The standard InChI is InChI=1S/C13H19BrN2O/c1-10(14)8-9-15-13(17)11-4-6-12(7-5-11)16(2)3/h4-7,10H,8-9H2,1-3H3,(H,15,17). The summed E-state index contributed by atoms with van der Waals surface area (Å²) in [5.41, 5.74) is 1.80. The number of nitrogens with one attached hydrogen (secondary N) is 1. The van der Waals surface area contributed by atoms with E-state index in [1.54, 1.807) is 0 Å².